The molecule has 0 aliphatic rings. The maximum absolute atomic E-state index is 12.2. The molecule has 0 aromatic heterocycles. The van der Waals surface area contributed by atoms with E-state index in [1.165, 1.54) is 37.3 Å². The molecule has 5 aromatic carbocycles. The van der Waals surface area contributed by atoms with Gasteiger partial charge in [0.15, 0.2) is 5.78 Å². The second kappa shape index (κ2) is 24.9. The second-order valence-corrected chi connectivity index (χ2v) is 14.2. The lowest BCUT2D eigenvalue weighted by Crippen LogP contribution is -2.16. The molecule has 3 N–H and O–H groups in total. The number of Topliss-reactive ketones (excluding diaryl/α,β-unsaturated/α-hetero) is 1. The Morgan fingerprint density at radius 2 is 1.29 bits per heavy atom. The second-order valence-electron chi connectivity index (χ2n) is 13.3. The Hall–Kier alpha value is -5.58. The van der Waals surface area contributed by atoms with Crippen LogP contribution in [0.2, 0.25) is 10.0 Å². The molecule has 0 aliphatic carbocycles. The summed E-state index contributed by atoms with van der Waals surface area (Å²) in [5, 5.41) is 30.0. The molecular formula is C46H50Cl2O10. The predicted octanol–water partition coefficient (Wildman–Crippen LogP) is 11.0. The SMILES string of the molecule is CCCCCCOc1ccc2cc(CCCC(=O)O)ccc2c1.COc1ccc(CC(=O)O)c(OC)c1.O=C(CC(C(=O)O)c1ccc(Cl)cc1)c1ccc(Cl)cc1. The average Bonchev–Trinajstić information content (AvgIpc) is 3.20. The van der Waals surface area contributed by atoms with Crippen molar-refractivity contribution < 1.29 is 48.7 Å². The number of carbonyl (C=O) groups excluding carboxylic acids is 1. The lowest BCUT2D eigenvalue weighted by molar-refractivity contribution is -0.139. The molecule has 5 rings (SSSR count). The fraction of sp³-hybridized carbons (Fsp3) is 0.304. The van der Waals surface area contributed by atoms with Crippen LogP contribution in [0.4, 0.5) is 0 Å². The lowest BCUT2D eigenvalue weighted by Gasteiger charge is -2.12. The summed E-state index contributed by atoms with van der Waals surface area (Å²) < 4.78 is 15.9. The molecule has 0 heterocycles. The monoisotopic (exact) mass is 832 g/mol. The third kappa shape index (κ3) is 16.5. The van der Waals surface area contributed by atoms with Crippen molar-refractivity contribution in [3.05, 3.63) is 135 Å². The van der Waals surface area contributed by atoms with Crippen LogP contribution in [0, 0.1) is 0 Å². The van der Waals surface area contributed by atoms with Gasteiger partial charge < -0.3 is 29.5 Å². The molecule has 308 valence electrons. The van der Waals surface area contributed by atoms with Gasteiger partial charge in [-0.05, 0) is 95.8 Å². The Balaban J connectivity index is 0.000000240. The van der Waals surface area contributed by atoms with Crippen LogP contribution < -0.4 is 14.2 Å². The molecule has 5 aromatic rings. The normalized spacial score (nSPS) is 10.9. The number of carbonyl (C=O) groups is 4. The number of fused-ring (bicyclic) bond motifs is 1. The summed E-state index contributed by atoms with van der Waals surface area (Å²) in [5.41, 5.74) is 2.82. The van der Waals surface area contributed by atoms with Crippen molar-refractivity contribution in [1.82, 2.24) is 0 Å². The summed E-state index contributed by atoms with van der Waals surface area (Å²) in [6, 6.07) is 30.4. The van der Waals surface area contributed by atoms with Crippen molar-refractivity contribution in [1.29, 1.82) is 0 Å². The van der Waals surface area contributed by atoms with Gasteiger partial charge in [-0.2, -0.15) is 0 Å². The molecule has 1 atom stereocenters. The summed E-state index contributed by atoms with van der Waals surface area (Å²) in [6.45, 7) is 2.99. The minimum absolute atomic E-state index is 0.0484. The predicted molar refractivity (Wildman–Crippen MR) is 227 cm³/mol. The summed E-state index contributed by atoms with van der Waals surface area (Å²) in [4.78, 5) is 44.7. The van der Waals surface area contributed by atoms with Crippen molar-refractivity contribution in [3.8, 4) is 17.2 Å². The number of hydrogen-bond acceptors (Lipinski definition) is 7. The fourth-order valence-electron chi connectivity index (χ4n) is 5.82. The molecule has 0 radical (unpaired) electrons. The van der Waals surface area contributed by atoms with E-state index in [-0.39, 0.29) is 25.0 Å². The highest BCUT2D eigenvalue weighted by molar-refractivity contribution is 6.31. The van der Waals surface area contributed by atoms with E-state index in [0.717, 1.165) is 30.6 Å². The van der Waals surface area contributed by atoms with Gasteiger partial charge in [-0.3, -0.25) is 19.2 Å². The Morgan fingerprint density at radius 1 is 0.655 bits per heavy atom. The largest absolute Gasteiger partial charge is 0.497 e. The zero-order valence-corrected chi connectivity index (χ0v) is 34.4. The van der Waals surface area contributed by atoms with Gasteiger partial charge in [0.05, 0.1) is 33.2 Å². The van der Waals surface area contributed by atoms with Crippen LogP contribution in [0.1, 0.15) is 84.8 Å². The summed E-state index contributed by atoms with van der Waals surface area (Å²) in [5.74, 6) is -1.69. The molecule has 0 aliphatic heterocycles. The van der Waals surface area contributed by atoms with Gasteiger partial charge >= 0.3 is 17.9 Å². The topological polar surface area (TPSA) is 157 Å². The lowest BCUT2D eigenvalue weighted by atomic mass is 9.92. The molecule has 0 fully saturated rings. The van der Waals surface area contributed by atoms with Crippen LogP contribution in [0.3, 0.4) is 0 Å². The molecule has 0 saturated heterocycles. The van der Waals surface area contributed by atoms with Crippen LogP contribution in [0.15, 0.2) is 103 Å². The number of carboxylic acid groups (broad SMARTS) is 3. The van der Waals surface area contributed by atoms with Gasteiger partial charge in [0.1, 0.15) is 17.2 Å². The molecule has 0 amide bonds. The number of ether oxygens (including phenoxy) is 3. The number of hydrogen-bond donors (Lipinski definition) is 3. The molecule has 12 heteroatoms. The van der Waals surface area contributed by atoms with Crippen molar-refractivity contribution in [2.45, 2.75) is 70.6 Å². The van der Waals surface area contributed by atoms with Crippen molar-refractivity contribution in [3.63, 3.8) is 0 Å². The zero-order valence-electron chi connectivity index (χ0n) is 32.9. The number of aryl methyl sites for hydroxylation is 1. The highest BCUT2D eigenvalue weighted by Crippen LogP contribution is 2.27. The van der Waals surface area contributed by atoms with E-state index in [9.17, 15) is 24.3 Å². The molecule has 10 nitrogen and oxygen atoms in total. The molecule has 1 unspecified atom stereocenters. The molecule has 58 heavy (non-hydrogen) atoms. The van der Waals surface area contributed by atoms with Crippen LogP contribution in [0.5, 0.6) is 17.2 Å². The van der Waals surface area contributed by atoms with Gasteiger partial charge in [-0.15, -0.1) is 0 Å². The summed E-state index contributed by atoms with van der Waals surface area (Å²) in [6.07, 6.45) is 6.39. The van der Waals surface area contributed by atoms with E-state index >= 15 is 0 Å². The van der Waals surface area contributed by atoms with Gasteiger partial charge in [-0.25, -0.2) is 0 Å². The smallest absolute Gasteiger partial charge is 0.311 e. The van der Waals surface area contributed by atoms with Crippen LogP contribution in [-0.2, 0) is 27.2 Å². The first-order valence-electron chi connectivity index (χ1n) is 18.9. The van der Waals surface area contributed by atoms with Crippen molar-refractivity contribution >= 4 is 57.7 Å². The zero-order chi connectivity index (χ0) is 42.5. The van der Waals surface area contributed by atoms with Gasteiger partial charge in [0.2, 0.25) is 0 Å². The number of carboxylic acids is 3. The van der Waals surface area contributed by atoms with Crippen LogP contribution in [0.25, 0.3) is 10.8 Å². The number of rotatable bonds is 19. The van der Waals surface area contributed by atoms with E-state index < -0.39 is 23.8 Å². The van der Waals surface area contributed by atoms with E-state index in [1.54, 1.807) is 73.8 Å². The molecular weight excluding hydrogens is 783 g/mol. The maximum Gasteiger partial charge on any atom is 0.311 e. The molecule has 0 bridgehead atoms. The first kappa shape index (κ1) is 46.8. The minimum Gasteiger partial charge on any atom is -0.497 e. The van der Waals surface area contributed by atoms with Crippen molar-refractivity contribution in [2.75, 3.05) is 20.8 Å². The maximum atomic E-state index is 12.2. The Bertz CT molecular complexity index is 2080. The van der Waals surface area contributed by atoms with E-state index in [1.807, 2.05) is 6.07 Å². The molecule has 0 spiro atoms. The third-order valence-electron chi connectivity index (χ3n) is 8.96. The highest BCUT2D eigenvalue weighted by Gasteiger charge is 2.24. The van der Waals surface area contributed by atoms with Gasteiger partial charge in [-0.1, -0.05) is 91.9 Å². The highest BCUT2D eigenvalue weighted by atomic mass is 35.5. The Labute approximate surface area is 349 Å². The number of halogens is 2. The number of aliphatic carboxylic acids is 3. The Morgan fingerprint density at radius 3 is 1.90 bits per heavy atom. The number of benzene rings is 5. The standard InChI is InChI=1S/C20H26O3.C16H12Cl2O3.C10H12O4/c1-2-3-4-5-13-23-19-12-11-17-14-16(7-6-8-20(21)22)9-10-18(17)15-19;17-12-5-1-10(2-6-12)14(16(20)21)9-15(19)11-3-7-13(18)8-4-11;1-13-8-4-3-7(5-10(11)12)9(6-8)14-2/h9-12,14-15H,2-8,13H2,1H3,(H,21,22);1-8,14H,9H2,(H,20,21);3-4,6H,5H2,1-2H3,(H,11,12). The fourth-order valence-corrected chi connectivity index (χ4v) is 6.08. The van der Waals surface area contributed by atoms with Crippen LogP contribution in [-0.4, -0.2) is 59.8 Å². The van der Waals surface area contributed by atoms with Gasteiger partial charge in [0, 0.05) is 40.1 Å². The number of methoxy groups -OCH3 is 2. The van der Waals surface area contributed by atoms with Gasteiger partial charge in [0.25, 0.3) is 0 Å². The summed E-state index contributed by atoms with van der Waals surface area (Å²) in [7, 11) is 3.05. The third-order valence-corrected chi connectivity index (χ3v) is 9.46. The Kier molecular flexibility index (Phi) is 20.1. The number of ketones is 1. The van der Waals surface area contributed by atoms with E-state index in [0.29, 0.717) is 44.7 Å². The first-order valence-corrected chi connectivity index (χ1v) is 19.7. The van der Waals surface area contributed by atoms with Crippen LogP contribution >= 0.6 is 23.2 Å². The van der Waals surface area contributed by atoms with E-state index in [4.69, 9.17) is 47.6 Å². The average molecular weight is 834 g/mol. The molecule has 0 saturated carbocycles. The van der Waals surface area contributed by atoms with E-state index in [2.05, 4.69) is 37.3 Å². The number of unbranched alkanes of at least 4 members (excludes halogenated alkanes) is 3. The first-order chi connectivity index (χ1) is 27.8. The minimum atomic E-state index is -1.04. The quantitative estimate of drug-likeness (QED) is 0.0540. The van der Waals surface area contributed by atoms with Crippen molar-refractivity contribution in [2.24, 2.45) is 0 Å². The summed E-state index contributed by atoms with van der Waals surface area (Å²) >= 11 is 11.6.